The number of ether oxygens (including phenoxy) is 2. The maximum Gasteiger partial charge on any atom is 0.167 e. The summed E-state index contributed by atoms with van der Waals surface area (Å²) in [6, 6.07) is 0. The van der Waals surface area contributed by atoms with Gasteiger partial charge in [0.15, 0.2) is 6.29 Å². The summed E-state index contributed by atoms with van der Waals surface area (Å²) in [5, 5.41) is 0. The lowest BCUT2D eigenvalue weighted by atomic mass is 10.1. The summed E-state index contributed by atoms with van der Waals surface area (Å²) in [5.41, 5.74) is 0. The fourth-order valence-corrected chi connectivity index (χ4v) is 1.15. The highest BCUT2D eigenvalue weighted by atomic mass is 16.7. The van der Waals surface area contributed by atoms with Crippen LogP contribution in [0.25, 0.3) is 0 Å². The van der Waals surface area contributed by atoms with Crippen molar-refractivity contribution < 1.29 is 19.1 Å². The normalized spacial score (nSPS) is 37.0. The molecule has 0 aliphatic carbocycles. The van der Waals surface area contributed by atoms with E-state index in [1.54, 1.807) is 0 Å². The summed E-state index contributed by atoms with van der Waals surface area (Å²) in [6.07, 6.45) is 0.872. The molecule has 0 saturated carbocycles. The second-order valence-electron chi connectivity index (χ2n) is 2.45. The van der Waals surface area contributed by atoms with Gasteiger partial charge in [-0.15, -0.1) is 0 Å². The van der Waals surface area contributed by atoms with Crippen molar-refractivity contribution in [2.45, 2.75) is 18.8 Å². The van der Waals surface area contributed by atoms with E-state index < -0.39 is 12.4 Å². The number of aldehydes is 2. The first-order valence-corrected chi connectivity index (χ1v) is 3.40. The van der Waals surface area contributed by atoms with Crippen LogP contribution in [-0.2, 0) is 19.1 Å². The van der Waals surface area contributed by atoms with Crippen molar-refractivity contribution >= 4 is 12.6 Å². The second kappa shape index (κ2) is 3.59. The van der Waals surface area contributed by atoms with Crippen molar-refractivity contribution in [3.8, 4) is 0 Å². The van der Waals surface area contributed by atoms with E-state index in [4.69, 9.17) is 9.47 Å². The van der Waals surface area contributed by atoms with Gasteiger partial charge in [0.1, 0.15) is 18.7 Å². The molecule has 0 N–H and O–H groups in total. The number of methoxy groups -OCH3 is 1. The molecule has 0 aromatic rings. The Morgan fingerprint density at radius 1 is 1.45 bits per heavy atom. The summed E-state index contributed by atoms with van der Waals surface area (Å²) in [7, 11) is 1.45. The number of rotatable bonds is 3. The molecule has 1 fully saturated rings. The summed E-state index contributed by atoms with van der Waals surface area (Å²) in [5.74, 6) is -0.296. The maximum atomic E-state index is 10.4. The van der Waals surface area contributed by atoms with Gasteiger partial charge < -0.3 is 19.1 Å². The Balaban J connectivity index is 2.53. The molecular formula is C7H10O4. The Kier molecular flexibility index (Phi) is 2.73. The van der Waals surface area contributed by atoms with E-state index in [2.05, 4.69) is 0 Å². The van der Waals surface area contributed by atoms with Gasteiger partial charge >= 0.3 is 0 Å². The standard InChI is InChI=1S/C7H10O4/c1-10-7-5(3-8)2-6(4-9)11-7/h3-7H,2H2,1H3/t5?,6-,7+/m1/s1. The summed E-state index contributed by atoms with van der Waals surface area (Å²) in [6.45, 7) is 0. The molecule has 1 heterocycles. The van der Waals surface area contributed by atoms with E-state index >= 15 is 0 Å². The molecule has 0 radical (unpaired) electrons. The monoisotopic (exact) mass is 158 g/mol. The molecule has 0 spiro atoms. The molecule has 4 heteroatoms. The van der Waals surface area contributed by atoms with E-state index in [1.165, 1.54) is 7.11 Å². The maximum absolute atomic E-state index is 10.4. The molecule has 1 saturated heterocycles. The highest BCUT2D eigenvalue weighted by molar-refractivity contribution is 5.61. The zero-order valence-corrected chi connectivity index (χ0v) is 6.23. The average molecular weight is 158 g/mol. The van der Waals surface area contributed by atoms with E-state index in [0.29, 0.717) is 12.7 Å². The lowest BCUT2D eigenvalue weighted by Crippen LogP contribution is -2.19. The van der Waals surface area contributed by atoms with Crippen molar-refractivity contribution in [2.75, 3.05) is 7.11 Å². The van der Waals surface area contributed by atoms with Crippen LogP contribution in [0.3, 0.4) is 0 Å². The predicted octanol–water partition coefficient (Wildman–Crippen LogP) is -0.238. The van der Waals surface area contributed by atoms with Gasteiger partial charge in [0.2, 0.25) is 0 Å². The lowest BCUT2D eigenvalue weighted by Gasteiger charge is -2.10. The van der Waals surface area contributed by atoms with Gasteiger partial charge in [-0.05, 0) is 6.42 Å². The minimum absolute atomic E-state index is 0.296. The van der Waals surface area contributed by atoms with Gasteiger partial charge in [-0.3, -0.25) is 0 Å². The Morgan fingerprint density at radius 2 is 2.18 bits per heavy atom. The van der Waals surface area contributed by atoms with Crippen molar-refractivity contribution in [3.63, 3.8) is 0 Å². The molecular weight excluding hydrogens is 148 g/mol. The smallest absolute Gasteiger partial charge is 0.167 e. The lowest BCUT2D eigenvalue weighted by molar-refractivity contribution is -0.147. The van der Waals surface area contributed by atoms with Crippen molar-refractivity contribution in [1.29, 1.82) is 0 Å². The number of hydrogen-bond acceptors (Lipinski definition) is 4. The van der Waals surface area contributed by atoms with Gasteiger partial charge in [-0.1, -0.05) is 0 Å². The Labute approximate surface area is 64.5 Å². The van der Waals surface area contributed by atoms with E-state index in [9.17, 15) is 9.59 Å². The topological polar surface area (TPSA) is 52.6 Å². The van der Waals surface area contributed by atoms with Crippen LogP contribution in [0.15, 0.2) is 0 Å². The Morgan fingerprint density at radius 3 is 2.55 bits per heavy atom. The molecule has 1 rings (SSSR count). The van der Waals surface area contributed by atoms with Crippen LogP contribution in [0.4, 0.5) is 0 Å². The van der Waals surface area contributed by atoms with Gasteiger partial charge in [-0.2, -0.15) is 0 Å². The SMILES string of the molecule is CO[C@H]1O[C@@H](C=O)CC1C=O. The third-order valence-electron chi connectivity index (χ3n) is 1.72. The molecule has 62 valence electrons. The quantitative estimate of drug-likeness (QED) is 0.532. The van der Waals surface area contributed by atoms with Crippen LogP contribution >= 0.6 is 0 Å². The largest absolute Gasteiger partial charge is 0.355 e. The highest BCUT2D eigenvalue weighted by Crippen LogP contribution is 2.23. The first kappa shape index (κ1) is 8.36. The second-order valence-corrected chi connectivity index (χ2v) is 2.45. The third-order valence-corrected chi connectivity index (χ3v) is 1.72. The molecule has 4 nitrogen and oxygen atoms in total. The molecule has 0 aromatic heterocycles. The average Bonchev–Trinajstić information content (AvgIpc) is 2.46. The molecule has 0 aromatic carbocycles. The van der Waals surface area contributed by atoms with E-state index in [0.717, 1.165) is 6.29 Å². The van der Waals surface area contributed by atoms with Gasteiger partial charge in [-0.25, -0.2) is 0 Å². The summed E-state index contributed by atoms with van der Waals surface area (Å²) < 4.78 is 9.88. The van der Waals surface area contributed by atoms with Gasteiger partial charge in [0, 0.05) is 7.11 Å². The molecule has 0 amide bonds. The van der Waals surface area contributed by atoms with Crippen molar-refractivity contribution in [1.82, 2.24) is 0 Å². The molecule has 0 bridgehead atoms. The first-order valence-electron chi connectivity index (χ1n) is 3.40. The molecule has 11 heavy (non-hydrogen) atoms. The van der Waals surface area contributed by atoms with E-state index in [1.807, 2.05) is 0 Å². The van der Waals surface area contributed by atoms with Crippen LogP contribution in [0.5, 0.6) is 0 Å². The fourth-order valence-electron chi connectivity index (χ4n) is 1.15. The predicted molar refractivity (Wildman–Crippen MR) is 35.9 cm³/mol. The van der Waals surface area contributed by atoms with Crippen LogP contribution in [0.1, 0.15) is 6.42 Å². The number of carbonyl (C=O) groups is 2. The minimum Gasteiger partial charge on any atom is -0.355 e. The zero-order chi connectivity index (χ0) is 8.27. The fraction of sp³-hybridized carbons (Fsp3) is 0.714. The van der Waals surface area contributed by atoms with E-state index in [-0.39, 0.29) is 5.92 Å². The number of hydrogen-bond donors (Lipinski definition) is 0. The van der Waals surface area contributed by atoms with Crippen LogP contribution < -0.4 is 0 Å². The van der Waals surface area contributed by atoms with Crippen LogP contribution in [-0.4, -0.2) is 32.1 Å². The third kappa shape index (κ3) is 1.64. The number of carbonyl (C=O) groups excluding carboxylic acids is 2. The zero-order valence-electron chi connectivity index (χ0n) is 6.23. The highest BCUT2D eigenvalue weighted by Gasteiger charge is 2.34. The molecule has 1 aliphatic rings. The molecule has 1 aliphatic heterocycles. The van der Waals surface area contributed by atoms with Gasteiger partial charge in [0.05, 0.1) is 5.92 Å². The molecule has 1 unspecified atom stereocenters. The van der Waals surface area contributed by atoms with Crippen LogP contribution in [0, 0.1) is 5.92 Å². The Bertz CT molecular complexity index is 157. The summed E-state index contributed by atoms with van der Waals surface area (Å²) in [4.78, 5) is 20.6. The minimum atomic E-state index is -0.539. The molecule has 3 atom stereocenters. The first-order chi connectivity index (χ1) is 5.31. The van der Waals surface area contributed by atoms with Crippen molar-refractivity contribution in [3.05, 3.63) is 0 Å². The van der Waals surface area contributed by atoms with Gasteiger partial charge in [0.25, 0.3) is 0 Å². The Hall–Kier alpha value is -0.740. The summed E-state index contributed by atoms with van der Waals surface area (Å²) >= 11 is 0. The van der Waals surface area contributed by atoms with Crippen LogP contribution in [0.2, 0.25) is 0 Å². The van der Waals surface area contributed by atoms with Crippen molar-refractivity contribution in [2.24, 2.45) is 5.92 Å².